The lowest BCUT2D eigenvalue weighted by molar-refractivity contribution is -0.119. The van der Waals surface area contributed by atoms with Crippen LogP contribution in [-0.2, 0) is 22.6 Å². The maximum atomic E-state index is 13.2. The number of hydrogen-bond donors (Lipinski definition) is 3. The van der Waals surface area contributed by atoms with E-state index in [2.05, 4.69) is 15.6 Å². The molecule has 2 atom stereocenters. The number of imidazole rings is 1. The summed E-state index contributed by atoms with van der Waals surface area (Å²) in [7, 11) is 1.53. The molecule has 12 nitrogen and oxygen atoms in total. The second kappa shape index (κ2) is 14.0. The largest absolute Gasteiger partial charge is 0.481 e. The van der Waals surface area contributed by atoms with Crippen LogP contribution < -0.4 is 15.4 Å². The molecule has 1 fully saturated rings. The van der Waals surface area contributed by atoms with Crippen molar-refractivity contribution in [1.29, 1.82) is 0 Å². The number of pyridine rings is 1. The average Bonchev–Trinajstić information content (AvgIpc) is 3.60. The molecular weight excluding hydrogens is 610 g/mol. The number of fused-ring (bicyclic) bond motifs is 1. The Bertz CT molecular complexity index is 1720. The van der Waals surface area contributed by atoms with Gasteiger partial charge in [0.15, 0.2) is 5.65 Å². The lowest BCUT2D eigenvalue weighted by atomic mass is 10.0. The summed E-state index contributed by atoms with van der Waals surface area (Å²) in [4.78, 5) is 35.9. The van der Waals surface area contributed by atoms with Crippen molar-refractivity contribution < 1.29 is 24.2 Å². The highest BCUT2D eigenvalue weighted by Crippen LogP contribution is 2.36. The minimum Gasteiger partial charge on any atom is -0.481 e. The Hall–Kier alpha value is -4.26. The van der Waals surface area contributed by atoms with E-state index in [1.165, 1.54) is 7.11 Å². The number of ether oxygens (including phenoxy) is 2. The van der Waals surface area contributed by atoms with E-state index >= 15 is 0 Å². The molecular formula is C33H40ClN7O5. The highest BCUT2D eigenvalue weighted by Gasteiger charge is 2.29. The summed E-state index contributed by atoms with van der Waals surface area (Å²) < 4.78 is 13.1. The molecule has 4 aromatic rings. The van der Waals surface area contributed by atoms with Crippen LogP contribution in [0.2, 0.25) is 5.02 Å². The van der Waals surface area contributed by atoms with Crippen molar-refractivity contribution in [3.05, 3.63) is 64.9 Å². The van der Waals surface area contributed by atoms with E-state index in [9.17, 15) is 14.7 Å². The molecule has 0 radical (unpaired) electrons. The molecule has 244 valence electrons. The molecule has 2 amide bonds. The first kappa shape index (κ1) is 33.1. The first-order valence-corrected chi connectivity index (χ1v) is 15.6. The van der Waals surface area contributed by atoms with Crippen molar-refractivity contribution in [2.24, 2.45) is 0 Å². The number of benzene rings is 1. The summed E-state index contributed by atoms with van der Waals surface area (Å²) in [6.45, 7) is 8.62. The summed E-state index contributed by atoms with van der Waals surface area (Å²) in [6.07, 6.45) is 1.99. The van der Waals surface area contributed by atoms with Crippen LogP contribution in [0, 0.1) is 0 Å². The number of aliphatic hydroxyl groups is 1. The van der Waals surface area contributed by atoms with E-state index in [-0.39, 0.29) is 18.5 Å². The number of nitrogens with one attached hydrogen (secondary N) is 2. The number of carbonyl (C=O) groups excluding carboxylic acids is 2. The van der Waals surface area contributed by atoms with Gasteiger partial charge in [0.1, 0.15) is 5.60 Å². The third-order valence-electron chi connectivity index (χ3n) is 7.34. The van der Waals surface area contributed by atoms with Gasteiger partial charge in [0.25, 0.3) is 0 Å². The molecule has 1 aliphatic rings. The fraction of sp³-hybridized carbons (Fsp3) is 0.424. The van der Waals surface area contributed by atoms with Crippen molar-refractivity contribution in [3.8, 4) is 28.4 Å². The topological polar surface area (TPSA) is 143 Å². The summed E-state index contributed by atoms with van der Waals surface area (Å²) >= 11 is 6.98. The van der Waals surface area contributed by atoms with E-state index in [0.29, 0.717) is 71.5 Å². The number of methoxy groups -OCH3 is 1. The quantitative estimate of drug-likeness (QED) is 0.212. The number of rotatable bonds is 11. The molecule has 46 heavy (non-hydrogen) atoms. The Labute approximate surface area is 273 Å². The molecule has 4 heterocycles. The Kier molecular flexibility index (Phi) is 10.1. The molecule has 1 saturated heterocycles. The van der Waals surface area contributed by atoms with Gasteiger partial charge in [0.05, 0.1) is 48.1 Å². The normalized spacial score (nSPS) is 15.5. The Morgan fingerprint density at radius 2 is 1.91 bits per heavy atom. The Balaban J connectivity index is 1.39. The van der Waals surface area contributed by atoms with Crippen LogP contribution in [-0.4, -0.2) is 79.5 Å². The minimum absolute atomic E-state index is 0.0250. The molecule has 0 spiro atoms. The van der Waals surface area contributed by atoms with Gasteiger partial charge < -0.3 is 30.1 Å². The van der Waals surface area contributed by atoms with Crippen LogP contribution in [0.4, 0.5) is 4.79 Å². The number of carbonyl (C=O) groups is 2. The van der Waals surface area contributed by atoms with E-state index < -0.39 is 17.8 Å². The lowest BCUT2D eigenvalue weighted by Crippen LogP contribution is -2.43. The second-order valence-corrected chi connectivity index (χ2v) is 12.8. The van der Waals surface area contributed by atoms with Crippen molar-refractivity contribution in [1.82, 2.24) is 35.1 Å². The molecule has 3 aromatic heterocycles. The third-order valence-corrected chi connectivity index (χ3v) is 7.74. The fourth-order valence-electron chi connectivity index (χ4n) is 5.23. The molecule has 13 heteroatoms. The fourth-order valence-corrected chi connectivity index (χ4v) is 5.55. The number of amides is 2. The maximum absolute atomic E-state index is 13.2. The van der Waals surface area contributed by atoms with Gasteiger partial charge in [-0.1, -0.05) is 29.8 Å². The molecule has 0 aliphatic carbocycles. The highest BCUT2D eigenvalue weighted by molar-refractivity contribution is 6.36. The molecule has 1 aromatic carbocycles. The minimum atomic E-state index is -0.682. The number of halogens is 1. The molecule has 5 rings (SSSR count). The zero-order valence-corrected chi connectivity index (χ0v) is 27.5. The zero-order valence-electron chi connectivity index (χ0n) is 26.7. The molecule has 1 aliphatic heterocycles. The smallest absolute Gasteiger partial charge is 0.410 e. The predicted molar refractivity (Wildman–Crippen MR) is 174 cm³/mol. The van der Waals surface area contributed by atoms with Crippen LogP contribution in [0.3, 0.4) is 0 Å². The monoisotopic (exact) mass is 649 g/mol. The van der Waals surface area contributed by atoms with Crippen LogP contribution in [0.1, 0.15) is 51.8 Å². The number of aromatic nitrogens is 4. The highest BCUT2D eigenvalue weighted by atomic mass is 35.5. The van der Waals surface area contributed by atoms with Gasteiger partial charge in [-0.25, -0.2) is 19.3 Å². The van der Waals surface area contributed by atoms with E-state index in [1.807, 2.05) is 69.4 Å². The number of hydrogen-bond acceptors (Lipinski definition) is 9. The van der Waals surface area contributed by atoms with E-state index in [4.69, 9.17) is 31.2 Å². The first-order chi connectivity index (χ1) is 21.9. The van der Waals surface area contributed by atoms with Gasteiger partial charge in [-0.15, -0.1) is 0 Å². The van der Waals surface area contributed by atoms with Gasteiger partial charge in [-0.05, 0) is 58.4 Å². The predicted octanol–water partition coefficient (Wildman–Crippen LogP) is 4.61. The maximum Gasteiger partial charge on any atom is 0.410 e. The van der Waals surface area contributed by atoms with Crippen LogP contribution >= 0.6 is 11.6 Å². The van der Waals surface area contributed by atoms with Crippen LogP contribution in [0.25, 0.3) is 28.2 Å². The third kappa shape index (κ3) is 8.11. The Morgan fingerprint density at radius 3 is 2.59 bits per heavy atom. The van der Waals surface area contributed by atoms with Gasteiger partial charge in [-0.2, -0.15) is 5.10 Å². The van der Waals surface area contributed by atoms with Crippen molar-refractivity contribution in [2.45, 2.75) is 71.4 Å². The van der Waals surface area contributed by atoms with Crippen LogP contribution in [0.15, 0.2) is 48.7 Å². The summed E-state index contributed by atoms with van der Waals surface area (Å²) in [5.41, 5.74) is 4.17. The van der Waals surface area contributed by atoms with Gasteiger partial charge >= 0.3 is 6.09 Å². The number of nitrogens with zero attached hydrogens (tertiary/aromatic N) is 5. The summed E-state index contributed by atoms with van der Waals surface area (Å²) in [6, 6.07) is 13.0. The summed E-state index contributed by atoms with van der Waals surface area (Å²) in [5, 5.41) is 20.8. The summed E-state index contributed by atoms with van der Waals surface area (Å²) in [5.74, 6) is 0.320. The van der Waals surface area contributed by atoms with Gasteiger partial charge in [0.2, 0.25) is 11.8 Å². The second-order valence-electron chi connectivity index (χ2n) is 12.4. The van der Waals surface area contributed by atoms with Crippen molar-refractivity contribution in [3.63, 3.8) is 0 Å². The van der Waals surface area contributed by atoms with E-state index in [1.54, 1.807) is 16.3 Å². The first-order valence-electron chi connectivity index (χ1n) is 15.2. The van der Waals surface area contributed by atoms with Gasteiger partial charge in [-0.3, -0.25) is 4.79 Å². The standard InChI is InChI=1S/C33H40ClN7O5/c1-20(42)15-35-16-23-19-41-28(36-23)13-12-27(39-41)25-8-6-7-24(30(25)34)26-11-9-21(31(38-26)45-5)17-40(32(44)46-33(2,3)4)18-22-10-14-29(43)37-22/h6-9,11-13,19-20,22,35,42H,10,14-18H2,1-5H3,(H,37,43)/t20-,22-/m0/s1. The SMILES string of the molecule is COc1nc(-c2cccc(-c3ccc4nc(CNC[C@H](C)O)cn4n3)c2Cl)ccc1CN(C[C@@H]1CCC(=O)N1)C(=O)OC(C)(C)C. The van der Waals surface area contributed by atoms with Gasteiger partial charge in [0, 0.05) is 48.8 Å². The van der Waals surface area contributed by atoms with Crippen molar-refractivity contribution >= 4 is 29.2 Å². The molecule has 0 unspecified atom stereocenters. The average molecular weight is 650 g/mol. The van der Waals surface area contributed by atoms with Crippen LogP contribution in [0.5, 0.6) is 5.88 Å². The van der Waals surface area contributed by atoms with Crippen molar-refractivity contribution in [2.75, 3.05) is 20.2 Å². The molecule has 0 bridgehead atoms. The van der Waals surface area contributed by atoms with E-state index in [0.717, 1.165) is 11.3 Å². The number of aliphatic hydroxyl groups excluding tert-OH is 1. The molecule has 3 N–H and O–H groups in total. The zero-order chi connectivity index (χ0) is 33.0. The Morgan fingerprint density at radius 1 is 1.17 bits per heavy atom. The molecule has 0 saturated carbocycles. The lowest BCUT2D eigenvalue weighted by Gasteiger charge is -2.29.